The van der Waals surface area contributed by atoms with E-state index in [4.69, 9.17) is 11.6 Å². The van der Waals surface area contributed by atoms with Gasteiger partial charge in [0.15, 0.2) is 0 Å². The number of rotatable bonds is 6. The zero-order valence-corrected chi connectivity index (χ0v) is 14.8. The molecule has 0 saturated carbocycles. The quantitative estimate of drug-likeness (QED) is 0.678. The predicted octanol–water partition coefficient (Wildman–Crippen LogP) is 3.08. The van der Waals surface area contributed by atoms with Gasteiger partial charge < -0.3 is 4.90 Å². The third kappa shape index (κ3) is 3.83. The summed E-state index contributed by atoms with van der Waals surface area (Å²) in [6.45, 7) is 1.12. The highest BCUT2D eigenvalue weighted by Crippen LogP contribution is 2.20. The molecule has 0 N–H and O–H groups in total. The van der Waals surface area contributed by atoms with Crippen molar-refractivity contribution >= 4 is 28.6 Å². The molecule has 0 fully saturated rings. The highest BCUT2D eigenvalue weighted by molar-refractivity contribution is 7.09. The average Bonchev–Trinajstić information content (AvgIpc) is 3.11. The number of halogens is 1. The van der Waals surface area contributed by atoms with Crippen molar-refractivity contribution in [2.75, 3.05) is 18.5 Å². The van der Waals surface area contributed by atoms with Gasteiger partial charge in [0.05, 0.1) is 23.4 Å². The highest BCUT2D eigenvalue weighted by Gasteiger charge is 2.13. The summed E-state index contributed by atoms with van der Waals surface area (Å²) in [7, 11) is 1.90. The molecule has 0 bridgehead atoms. The number of benzene rings is 1. The molecule has 0 aliphatic heterocycles. The van der Waals surface area contributed by atoms with Crippen molar-refractivity contribution in [2.24, 2.45) is 0 Å². The lowest BCUT2D eigenvalue weighted by atomic mass is 10.2. The summed E-state index contributed by atoms with van der Waals surface area (Å²) in [5.74, 6) is 0. The molecule has 3 aromatic rings. The Labute approximate surface area is 149 Å². The first-order valence-corrected chi connectivity index (χ1v) is 8.80. The van der Waals surface area contributed by atoms with Crippen LogP contribution in [-0.4, -0.2) is 28.4 Å². The van der Waals surface area contributed by atoms with Crippen molar-refractivity contribution in [3.05, 3.63) is 74.1 Å². The number of anilines is 1. The molecule has 5 nitrogen and oxygen atoms in total. The van der Waals surface area contributed by atoms with Crippen molar-refractivity contribution in [3.63, 3.8) is 0 Å². The fourth-order valence-electron chi connectivity index (χ4n) is 2.35. The van der Waals surface area contributed by atoms with E-state index in [1.807, 2.05) is 47.7 Å². The Morgan fingerprint density at radius 2 is 2.08 bits per heavy atom. The third-order valence-corrected chi connectivity index (χ3v) is 4.89. The van der Waals surface area contributed by atoms with E-state index in [1.165, 1.54) is 4.68 Å². The van der Waals surface area contributed by atoms with Gasteiger partial charge in [0.2, 0.25) is 0 Å². The maximum Gasteiger partial charge on any atom is 0.287 e. The fraction of sp³-hybridized carbons (Fsp3) is 0.235. The predicted molar refractivity (Wildman–Crippen MR) is 98.1 cm³/mol. The molecular weight excluding hydrogens is 344 g/mol. The van der Waals surface area contributed by atoms with E-state index in [0.717, 1.165) is 23.5 Å². The molecule has 24 heavy (non-hydrogen) atoms. The molecule has 0 aliphatic carbocycles. The van der Waals surface area contributed by atoms with Crippen LogP contribution in [0.4, 0.5) is 5.69 Å². The zero-order chi connectivity index (χ0) is 16.9. The van der Waals surface area contributed by atoms with Crippen LogP contribution in [0.15, 0.2) is 52.9 Å². The van der Waals surface area contributed by atoms with Crippen LogP contribution in [0.5, 0.6) is 0 Å². The summed E-state index contributed by atoms with van der Waals surface area (Å²) in [6, 6.07) is 9.71. The van der Waals surface area contributed by atoms with Gasteiger partial charge in [-0.15, -0.1) is 11.3 Å². The van der Waals surface area contributed by atoms with Gasteiger partial charge in [0.1, 0.15) is 5.02 Å². The first-order valence-electron chi connectivity index (χ1n) is 7.54. The van der Waals surface area contributed by atoms with E-state index in [-0.39, 0.29) is 10.6 Å². The Kier molecular flexibility index (Phi) is 5.27. The van der Waals surface area contributed by atoms with Crippen molar-refractivity contribution in [1.29, 1.82) is 0 Å². The summed E-state index contributed by atoms with van der Waals surface area (Å²) in [5.41, 5.74) is 1.37. The normalized spacial score (nSPS) is 10.8. The minimum absolute atomic E-state index is 0.197. The fourth-order valence-corrected chi connectivity index (χ4v) is 3.25. The summed E-state index contributed by atoms with van der Waals surface area (Å²) >= 11 is 7.91. The lowest BCUT2D eigenvalue weighted by Gasteiger charge is -2.19. The van der Waals surface area contributed by atoms with Gasteiger partial charge in [0.25, 0.3) is 5.56 Å². The van der Waals surface area contributed by atoms with E-state index >= 15 is 0 Å². The summed E-state index contributed by atoms with van der Waals surface area (Å²) in [6.07, 6.45) is 4.24. The summed E-state index contributed by atoms with van der Waals surface area (Å²) < 4.78 is 1.38. The molecule has 7 heteroatoms. The van der Waals surface area contributed by atoms with Crippen LogP contribution in [0, 0.1) is 0 Å². The van der Waals surface area contributed by atoms with Crippen molar-refractivity contribution in [3.8, 4) is 0 Å². The number of nitrogens with zero attached hydrogens (tertiary/aromatic N) is 4. The molecule has 0 saturated heterocycles. The van der Waals surface area contributed by atoms with Gasteiger partial charge in [-0.25, -0.2) is 9.67 Å². The van der Waals surface area contributed by atoms with E-state index in [9.17, 15) is 4.79 Å². The smallest absolute Gasteiger partial charge is 0.287 e. The summed E-state index contributed by atoms with van der Waals surface area (Å²) in [4.78, 5) is 18.7. The van der Waals surface area contributed by atoms with E-state index in [2.05, 4.69) is 10.1 Å². The highest BCUT2D eigenvalue weighted by atomic mass is 35.5. The molecule has 124 valence electrons. The van der Waals surface area contributed by atoms with Gasteiger partial charge in [-0.2, -0.15) is 5.10 Å². The van der Waals surface area contributed by atoms with Crippen LogP contribution in [0.3, 0.4) is 0 Å². The maximum absolute atomic E-state index is 12.5. The minimum atomic E-state index is -0.279. The second kappa shape index (κ2) is 7.59. The molecule has 2 heterocycles. The van der Waals surface area contributed by atoms with Gasteiger partial charge >= 0.3 is 0 Å². The molecular formula is C17H17ClN4OS. The SMILES string of the molecule is CN(CCc1nccs1)c1cnn(Cc2ccccc2)c(=O)c1Cl. The average molecular weight is 361 g/mol. The van der Waals surface area contributed by atoms with Gasteiger partial charge in [-0.05, 0) is 5.56 Å². The van der Waals surface area contributed by atoms with Crippen LogP contribution >= 0.6 is 22.9 Å². The maximum atomic E-state index is 12.5. The van der Waals surface area contributed by atoms with Crippen LogP contribution in [0.1, 0.15) is 10.6 Å². The number of hydrogen-bond acceptors (Lipinski definition) is 5. The molecule has 0 aliphatic rings. The Hall–Kier alpha value is -2.18. The molecule has 0 atom stereocenters. The number of aromatic nitrogens is 3. The second-order valence-corrected chi connectivity index (χ2v) is 6.75. The van der Waals surface area contributed by atoms with E-state index < -0.39 is 0 Å². The number of thiazole rings is 1. The van der Waals surface area contributed by atoms with Gasteiger partial charge in [-0.1, -0.05) is 41.9 Å². The lowest BCUT2D eigenvalue weighted by molar-refractivity contribution is 0.637. The Morgan fingerprint density at radius 3 is 2.79 bits per heavy atom. The van der Waals surface area contributed by atoms with Gasteiger partial charge in [-0.3, -0.25) is 4.79 Å². The van der Waals surface area contributed by atoms with Crippen molar-refractivity contribution in [2.45, 2.75) is 13.0 Å². The number of hydrogen-bond donors (Lipinski definition) is 0. The van der Waals surface area contributed by atoms with Gasteiger partial charge in [0, 0.05) is 31.6 Å². The van der Waals surface area contributed by atoms with Crippen LogP contribution < -0.4 is 10.5 Å². The van der Waals surface area contributed by atoms with Crippen LogP contribution in [0.2, 0.25) is 5.02 Å². The molecule has 0 amide bonds. The molecule has 2 aromatic heterocycles. The minimum Gasteiger partial charge on any atom is -0.372 e. The molecule has 0 spiro atoms. The standard InChI is InChI=1S/C17H17ClN4OS/c1-21(9-7-15-19-8-10-24-15)14-11-20-22(17(23)16(14)18)12-13-5-3-2-4-6-13/h2-6,8,10-11H,7,9,12H2,1H3. The first-order chi connectivity index (χ1) is 11.6. The second-order valence-electron chi connectivity index (χ2n) is 5.39. The molecule has 1 aromatic carbocycles. The third-order valence-electron chi connectivity index (χ3n) is 3.70. The Bertz CT molecular complexity index is 849. The largest absolute Gasteiger partial charge is 0.372 e. The zero-order valence-electron chi connectivity index (χ0n) is 13.2. The van der Waals surface area contributed by atoms with Crippen LogP contribution in [0.25, 0.3) is 0 Å². The molecule has 0 radical (unpaired) electrons. The Balaban J connectivity index is 1.75. The van der Waals surface area contributed by atoms with Crippen LogP contribution in [-0.2, 0) is 13.0 Å². The topological polar surface area (TPSA) is 51.0 Å². The van der Waals surface area contributed by atoms with E-state index in [0.29, 0.717) is 12.2 Å². The van der Waals surface area contributed by atoms with Crippen molar-refractivity contribution < 1.29 is 0 Å². The molecule has 0 unspecified atom stereocenters. The lowest BCUT2D eigenvalue weighted by Crippen LogP contribution is -2.28. The summed E-state index contributed by atoms with van der Waals surface area (Å²) in [5, 5.41) is 7.47. The molecule has 3 rings (SSSR count). The first kappa shape index (κ1) is 16.7. The monoisotopic (exact) mass is 360 g/mol. The van der Waals surface area contributed by atoms with E-state index in [1.54, 1.807) is 23.7 Å². The number of likely N-dealkylation sites (N-methyl/N-ethyl adjacent to an activating group) is 1. The Morgan fingerprint density at radius 1 is 1.29 bits per heavy atom. The van der Waals surface area contributed by atoms with Crippen molar-refractivity contribution in [1.82, 2.24) is 14.8 Å².